The van der Waals surface area contributed by atoms with Crippen LogP contribution in [0, 0.1) is 6.92 Å². The van der Waals surface area contributed by atoms with Gasteiger partial charge in [-0.25, -0.2) is 0 Å². The summed E-state index contributed by atoms with van der Waals surface area (Å²) in [4.78, 5) is 0. The first kappa shape index (κ1) is 16.1. The number of thiocarbonyl (C=S) groups is 1. The molecule has 0 saturated heterocycles. The molecule has 110 valence electrons. The smallest absolute Gasteiger partial charge is 0.171 e. The lowest BCUT2D eigenvalue weighted by molar-refractivity contribution is 0.723. The van der Waals surface area contributed by atoms with E-state index in [4.69, 9.17) is 35.4 Å². The predicted octanol–water partition coefficient (Wildman–Crippen LogP) is 5.35. The molecule has 0 spiro atoms. The van der Waals surface area contributed by atoms with Gasteiger partial charge in [0, 0.05) is 15.7 Å². The van der Waals surface area contributed by atoms with Gasteiger partial charge in [-0.05, 0) is 61.5 Å². The fourth-order valence-electron chi connectivity index (χ4n) is 2.02. The first-order chi connectivity index (χ1) is 9.95. The number of halogens is 2. The van der Waals surface area contributed by atoms with Crippen molar-refractivity contribution in [1.82, 2.24) is 5.32 Å². The van der Waals surface area contributed by atoms with Gasteiger partial charge in [0.25, 0.3) is 0 Å². The summed E-state index contributed by atoms with van der Waals surface area (Å²) in [5.41, 5.74) is 3.09. The van der Waals surface area contributed by atoms with Crippen molar-refractivity contribution in [2.75, 3.05) is 5.32 Å². The van der Waals surface area contributed by atoms with E-state index in [2.05, 4.69) is 10.6 Å². The van der Waals surface area contributed by atoms with Gasteiger partial charge in [-0.3, -0.25) is 0 Å². The molecule has 0 saturated carbocycles. The molecule has 0 unspecified atom stereocenters. The van der Waals surface area contributed by atoms with Crippen LogP contribution in [0.1, 0.15) is 24.1 Å². The summed E-state index contributed by atoms with van der Waals surface area (Å²) in [6, 6.07) is 13.5. The van der Waals surface area contributed by atoms with Crippen LogP contribution in [0.4, 0.5) is 5.69 Å². The van der Waals surface area contributed by atoms with Gasteiger partial charge in [-0.2, -0.15) is 0 Å². The number of hydrogen-bond donors (Lipinski definition) is 2. The van der Waals surface area contributed by atoms with E-state index in [1.165, 1.54) is 5.56 Å². The summed E-state index contributed by atoms with van der Waals surface area (Å²) in [6.07, 6.45) is 0. The molecule has 0 aliphatic rings. The fourth-order valence-corrected chi connectivity index (χ4v) is 2.88. The molecular formula is C16H16Cl2N2S. The van der Waals surface area contributed by atoms with E-state index in [1.54, 1.807) is 6.07 Å². The van der Waals surface area contributed by atoms with Crippen molar-refractivity contribution >= 4 is 46.2 Å². The predicted molar refractivity (Wildman–Crippen MR) is 95.4 cm³/mol. The molecule has 0 aliphatic carbocycles. The summed E-state index contributed by atoms with van der Waals surface area (Å²) in [5, 5.41) is 8.18. The maximum atomic E-state index is 6.20. The number of aryl methyl sites for hydroxylation is 1. The van der Waals surface area contributed by atoms with E-state index in [-0.39, 0.29) is 6.04 Å². The Morgan fingerprint density at radius 1 is 1.14 bits per heavy atom. The number of hydrogen-bond acceptors (Lipinski definition) is 1. The van der Waals surface area contributed by atoms with Crippen LogP contribution in [-0.4, -0.2) is 5.11 Å². The van der Waals surface area contributed by atoms with Crippen LogP contribution in [0.5, 0.6) is 0 Å². The Morgan fingerprint density at radius 2 is 1.90 bits per heavy atom. The molecule has 0 aliphatic heterocycles. The topological polar surface area (TPSA) is 24.1 Å². The summed E-state index contributed by atoms with van der Waals surface area (Å²) >= 11 is 17.4. The Labute approximate surface area is 140 Å². The van der Waals surface area contributed by atoms with Crippen molar-refractivity contribution in [3.8, 4) is 0 Å². The van der Waals surface area contributed by atoms with Crippen molar-refractivity contribution in [2.24, 2.45) is 0 Å². The Hall–Kier alpha value is -1.29. The molecule has 2 aromatic rings. The van der Waals surface area contributed by atoms with E-state index < -0.39 is 0 Å². The molecule has 2 aromatic carbocycles. The zero-order valence-corrected chi connectivity index (χ0v) is 14.1. The number of nitrogens with one attached hydrogen (secondary N) is 2. The molecule has 1 atom stereocenters. The zero-order chi connectivity index (χ0) is 15.4. The fraction of sp³-hybridized carbons (Fsp3) is 0.188. The molecule has 2 rings (SSSR count). The van der Waals surface area contributed by atoms with E-state index in [0.717, 1.165) is 11.3 Å². The van der Waals surface area contributed by atoms with Crippen LogP contribution < -0.4 is 10.6 Å². The largest absolute Gasteiger partial charge is 0.356 e. The van der Waals surface area contributed by atoms with Crippen LogP contribution in [0.25, 0.3) is 0 Å². The van der Waals surface area contributed by atoms with Gasteiger partial charge in [0.05, 0.1) is 6.04 Å². The van der Waals surface area contributed by atoms with E-state index in [9.17, 15) is 0 Å². The van der Waals surface area contributed by atoms with Crippen molar-refractivity contribution in [1.29, 1.82) is 0 Å². The highest BCUT2D eigenvalue weighted by Gasteiger charge is 2.11. The molecular weight excluding hydrogens is 323 g/mol. The molecule has 2 N–H and O–H groups in total. The first-order valence-electron chi connectivity index (χ1n) is 6.55. The standard InChI is InChI=1S/C16H16Cl2N2S/c1-10-4-3-5-13(8-10)20-16(21)19-11(2)14-7-6-12(17)9-15(14)18/h3-9,11H,1-2H3,(H2,19,20,21)/t11-/m1/s1. The molecule has 0 radical (unpaired) electrons. The van der Waals surface area contributed by atoms with Crippen molar-refractivity contribution in [3.05, 3.63) is 63.6 Å². The number of anilines is 1. The van der Waals surface area contributed by atoms with Crippen LogP contribution >= 0.6 is 35.4 Å². The third kappa shape index (κ3) is 4.60. The molecule has 0 amide bonds. The Balaban J connectivity index is 2.02. The second-order valence-corrected chi connectivity index (χ2v) is 6.11. The van der Waals surface area contributed by atoms with E-state index in [1.807, 2.05) is 50.2 Å². The highest BCUT2D eigenvalue weighted by Crippen LogP contribution is 2.26. The average Bonchev–Trinajstić information content (AvgIpc) is 2.38. The average molecular weight is 339 g/mol. The van der Waals surface area contributed by atoms with Crippen molar-refractivity contribution in [2.45, 2.75) is 19.9 Å². The minimum absolute atomic E-state index is 0.0143. The lowest BCUT2D eigenvalue weighted by atomic mass is 10.1. The quantitative estimate of drug-likeness (QED) is 0.737. The Kier molecular flexibility index (Phi) is 5.45. The van der Waals surface area contributed by atoms with Crippen molar-refractivity contribution < 1.29 is 0 Å². The Morgan fingerprint density at radius 3 is 2.57 bits per heavy atom. The Bertz CT molecular complexity index is 658. The molecule has 0 fully saturated rings. The van der Waals surface area contributed by atoms with Gasteiger partial charge in [0.15, 0.2) is 5.11 Å². The zero-order valence-electron chi connectivity index (χ0n) is 11.8. The molecule has 21 heavy (non-hydrogen) atoms. The third-order valence-corrected chi connectivity index (χ3v) is 3.83. The molecule has 0 heterocycles. The summed E-state index contributed by atoms with van der Waals surface area (Å²) < 4.78 is 0. The molecule has 0 aromatic heterocycles. The van der Waals surface area contributed by atoms with Gasteiger partial charge in [0.2, 0.25) is 0 Å². The SMILES string of the molecule is Cc1cccc(NC(=S)N[C@H](C)c2ccc(Cl)cc2Cl)c1. The van der Waals surface area contributed by atoms with Crippen LogP contribution in [0.2, 0.25) is 10.0 Å². The van der Waals surface area contributed by atoms with E-state index >= 15 is 0 Å². The summed E-state index contributed by atoms with van der Waals surface area (Å²) in [5.74, 6) is 0. The number of rotatable bonds is 3. The van der Waals surface area contributed by atoms with Gasteiger partial charge < -0.3 is 10.6 Å². The second-order valence-electron chi connectivity index (χ2n) is 4.86. The number of benzene rings is 2. The minimum Gasteiger partial charge on any atom is -0.356 e. The van der Waals surface area contributed by atoms with E-state index in [0.29, 0.717) is 15.2 Å². The molecule has 0 bridgehead atoms. The molecule has 2 nitrogen and oxygen atoms in total. The third-order valence-electron chi connectivity index (χ3n) is 3.05. The van der Waals surface area contributed by atoms with Gasteiger partial charge in [0.1, 0.15) is 0 Å². The highest BCUT2D eigenvalue weighted by atomic mass is 35.5. The normalized spacial score (nSPS) is 11.8. The van der Waals surface area contributed by atoms with Crippen LogP contribution in [0.15, 0.2) is 42.5 Å². The van der Waals surface area contributed by atoms with Crippen molar-refractivity contribution in [3.63, 3.8) is 0 Å². The lowest BCUT2D eigenvalue weighted by Crippen LogP contribution is -2.31. The summed E-state index contributed by atoms with van der Waals surface area (Å²) in [7, 11) is 0. The lowest BCUT2D eigenvalue weighted by Gasteiger charge is -2.18. The highest BCUT2D eigenvalue weighted by molar-refractivity contribution is 7.80. The maximum Gasteiger partial charge on any atom is 0.171 e. The monoisotopic (exact) mass is 338 g/mol. The first-order valence-corrected chi connectivity index (χ1v) is 7.71. The van der Waals surface area contributed by atoms with Gasteiger partial charge in [-0.1, -0.05) is 41.4 Å². The van der Waals surface area contributed by atoms with Gasteiger partial charge >= 0.3 is 0 Å². The van der Waals surface area contributed by atoms with Gasteiger partial charge in [-0.15, -0.1) is 0 Å². The second kappa shape index (κ2) is 7.12. The maximum absolute atomic E-state index is 6.20. The minimum atomic E-state index is -0.0143. The van der Waals surface area contributed by atoms with Crippen LogP contribution in [0.3, 0.4) is 0 Å². The summed E-state index contributed by atoms with van der Waals surface area (Å²) in [6.45, 7) is 4.04. The van der Waals surface area contributed by atoms with Crippen LogP contribution in [-0.2, 0) is 0 Å². The molecule has 5 heteroatoms.